The molecule has 0 bridgehead atoms. The second kappa shape index (κ2) is 8.32. The molecule has 0 aliphatic carbocycles. The molecule has 0 heterocycles. The SMILES string of the molecule is NC(=O)N/N=C\c1cc(I)c(OCc2ccccc2)c(I)c1. The number of urea groups is 1. The Morgan fingerprint density at radius 1 is 1.23 bits per heavy atom. The first-order chi connectivity index (χ1) is 10.6. The number of carbonyl (C=O) groups is 1. The Morgan fingerprint density at radius 2 is 1.86 bits per heavy atom. The van der Waals surface area contributed by atoms with Gasteiger partial charge in [0.05, 0.1) is 13.4 Å². The fourth-order valence-electron chi connectivity index (χ4n) is 1.69. The summed E-state index contributed by atoms with van der Waals surface area (Å²) in [7, 11) is 0. The lowest BCUT2D eigenvalue weighted by Crippen LogP contribution is -2.24. The molecule has 0 saturated carbocycles. The summed E-state index contributed by atoms with van der Waals surface area (Å²) in [4.78, 5) is 10.6. The lowest BCUT2D eigenvalue weighted by Gasteiger charge is -2.11. The van der Waals surface area contributed by atoms with Crippen LogP contribution < -0.4 is 15.9 Å². The number of rotatable bonds is 5. The molecule has 0 radical (unpaired) electrons. The molecule has 2 aromatic carbocycles. The number of primary amides is 1. The normalized spacial score (nSPS) is 10.6. The van der Waals surface area contributed by atoms with Crippen LogP contribution in [0.25, 0.3) is 0 Å². The molecule has 0 aliphatic rings. The van der Waals surface area contributed by atoms with Crippen molar-refractivity contribution >= 4 is 57.4 Å². The molecule has 0 spiro atoms. The number of hydrogen-bond donors (Lipinski definition) is 2. The molecule has 114 valence electrons. The van der Waals surface area contributed by atoms with Crippen molar-refractivity contribution in [2.24, 2.45) is 10.8 Å². The third-order valence-corrected chi connectivity index (χ3v) is 4.24. The predicted octanol–water partition coefficient (Wildman–Crippen LogP) is 3.48. The van der Waals surface area contributed by atoms with E-state index in [0.717, 1.165) is 24.0 Å². The number of amides is 2. The molecule has 0 aromatic heterocycles. The molecule has 2 amide bonds. The molecule has 7 heteroatoms. The van der Waals surface area contributed by atoms with Gasteiger partial charge in [-0.25, -0.2) is 10.2 Å². The first-order valence-electron chi connectivity index (χ1n) is 6.30. The average Bonchev–Trinajstić information content (AvgIpc) is 2.47. The lowest BCUT2D eigenvalue weighted by atomic mass is 10.2. The maximum absolute atomic E-state index is 10.6. The third-order valence-electron chi connectivity index (χ3n) is 2.63. The van der Waals surface area contributed by atoms with Gasteiger partial charge in [-0.2, -0.15) is 5.10 Å². The largest absolute Gasteiger partial charge is 0.487 e. The van der Waals surface area contributed by atoms with Gasteiger partial charge >= 0.3 is 6.03 Å². The Bertz CT molecular complexity index is 667. The molecule has 5 nitrogen and oxygen atoms in total. The molecular formula is C15H13I2N3O2. The maximum Gasteiger partial charge on any atom is 0.332 e. The van der Waals surface area contributed by atoms with Crippen molar-refractivity contribution in [1.82, 2.24) is 5.43 Å². The summed E-state index contributed by atoms with van der Waals surface area (Å²) in [5.74, 6) is 0.838. The minimum atomic E-state index is -0.691. The van der Waals surface area contributed by atoms with Crippen LogP contribution in [0.1, 0.15) is 11.1 Å². The smallest absolute Gasteiger partial charge is 0.332 e. The van der Waals surface area contributed by atoms with Crippen LogP contribution >= 0.6 is 45.2 Å². The highest BCUT2D eigenvalue weighted by molar-refractivity contribution is 14.1. The van der Waals surface area contributed by atoms with E-state index in [1.165, 1.54) is 6.21 Å². The Hall–Kier alpha value is -1.36. The van der Waals surface area contributed by atoms with E-state index in [2.05, 4.69) is 55.7 Å². The van der Waals surface area contributed by atoms with Gasteiger partial charge in [0.25, 0.3) is 0 Å². The second-order valence-corrected chi connectivity index (χ2v) is 6.65. The topological polar surface area (TPSA) is 76.7 Å². The van der Waals surface area contributed by atoms with Gasteiger partial charge in [0.1, 0.15) is 12.4 Å². The average molecular weight is 521 g/mol. The molecule has 2 rings (SSSR count). The molecule has 0 atom stereocenters. The molecule has 0 unspecified atom stereocenters. The standard InChI is InChI=1S/C15H13I2N3O2/c16-12-6-11(8-19-20-15(18)21)7-13(17)14(12)22-9-10-4-2-1-3-5-10/h1-8H,9H2,(H3,18,20,21)/b19-8-. The number of ether oxygens (including phenoxy) is 1. The quantitative estimate of drug-likeness (QED) is 0.360. The number of nitrogens with zero attached hydrogens (tertiary/aromatic N) is 1. The van der Waals surface area contributed by atoms with Crippen LogP contribution in [0.15, 0.2) is 47.6 Å². The fourth-order valence-corrected chi connectivity index (χ4v) is 3.82. The van der Waals surface area contributed by atoms with E-state index in [4.69, 9.17) is 10.5 Å². The van der Waals surface area contributed by atoms with Crippen LogP contribution in [0, 0.1) is 7.14 Å². The van der Waals surface area contributed by atoms with Gasteiger partial charge in [0.2, 0.25) is 0 Å². The highest BCUT2D eigenvalue weighted by atomic mass is 127. The summed E-state index contributed by atoms with van der Waals surface area (Å²) in [5.41, 5.74) is 9.09. The first kappa shape index (κ1) is 17.0. The van der Waals surface area contributed by atoms with Crippen molar-refractivity contribution in [2.45, 2.75) is 6.61 Å². The Morgan fingerprint density at radius 3 is 2.45 bits per heavy atom. The zero-order valence-electron chi connectivity index (χ0n) is 11.4. The molecule has 0 fully saturated rings. The summed E-state index contributed by atoms with van der Waals surface area (Å²) in [5, 5.41) is 3.75. The van der Waals surface area contributed by atoms with E-state index in [0.29, 0.717) is 6.61 Å². The number of nitrogens with two attached hydrogens (primary N) is 1. The van der Waals surface area contributed by atoms with E-state index >= 15 is 0 Å². The van der Waals surface area contributed by atoms with Crippen molar-refractivity contribution in [2.75, 3.05) is 0 Å². The van der Waals surface area contributed by atoms with E-state index < -0.39 is 6.03 Å². The van der Waals surface area contributed by atoms with Crippen molar-refractivity contribution < 1.29 is 9.53 Å². The molecule has 3 N–H and O–H groups in total. The van der Waals surface area contributed by atoms with Crippen LogP contribution in [-0.4, -0.2) is 12.2 Å². The highest BCUT2D eigenvalue weighted by Gasteiger charge is 2.08. The van der Waals surface area contributed by atoms with Crippen LogP contribution in [0.5, 0.6) is 5.75 Å². The van der Waals surface area contributed by atoms with E-state index in [-0.39, 0.29) is 0 Å². The highest BCUT2D eigenvalue weighted by Crippen LogP contribution is 2.29. The number of hydrogen-bond acceptors (Lipinski definition) is 3. The van der Waals surface area contributed by atoms with E-state index in [1.807, 2.05) is 42.5 Å². The number of nitrogens with one attached hydrogen (secondary N) is 1. The number of halogens is 2. The lowest BCUT2D eigenvalue weighted by molar-refractivity contribution is 0.249. The van der Waals surface area contributed by atoms with Gasteiger partial charge in [-0.1, -0.05) is 30.3 Å². The maximum atomic E-state index is 10.6. The molecular weight excluding hydrogens is 508 g/mol. The molecule has 0 aliphatic heterocycles. The van der Waals surface area contributed by atoms with Gasteiger partial charge < -0.3 is 10.5 Å². The van der Waals surface area contributed by atoms with Gasteiger partial charge in [-0.15, -0.1) is 0 Å². The van der Waals surface area contributed by atoms with Crippen molar-refractivity contribution in [3.05, 3.63) is 60.7 Å². The van der Waals surface area contributed by atoms with Crippen molar-refractivity contribution in [3.8, 4) is 5.75 Å². The summed E-state index contributed by atoms with van der Waals surface area (Å²) >= 11 is 4.43. The summed E-state index contributed by atoms with van der Waals surface area (Å²) in [6, 6.07) is 13.2. The Kier molecular flexibility index (Phi) is 6.43. The molecule has 22 heavy (non-hydrogen) atoms. The second-order valence-electron chi connectivity index (χ2n) is 4.32. The van der Waals surface area contributed by atoms with Crippen LogP contribution in [0.3, 0.4) is 0 Å². The van der Waals surface area contributed by atoms with Crippen LogP contribution in [0.2, 0.25) is 0 Å². The number of carbonyl (C=O) groups excluding carboxylic acids is 1. The monoisotopic (exact) mass is 521 g/mol. The predicted molar refractivity (Wildman–Crippen MR) is 103 cm³/mol. The van der Waals surface area contributed by atoms with Gasteiger partial charge in [0, 0.05) is 0 Å². The number of benzene rings is 2. The minimum Gasteiger partial charge on any atom is -0.487 e. The Balaban J connectivity index is 2.09. The van der Waals surface area contributed by atoms with Crippen LogP contribution in [-0.2, 0) is 6.61 Å². The molecule has 2 aromatic rings. The van der Waals surface area contributed by atoms with Crippen LogP contribution in [0.4, 0.5) is 4.79 Å². The Labute approximate surface area is 155 Å². The zero-order chi connectivity index (χ0) is 15.9. The first-order valence-corrected chi connectivity index (χ1v) is 8.46. The zero-order valence-corrected chi connectivity index (χ0v) is 15.7. The van der Waals surface area contributed by atoms with E-state index in [9.17, 15) is 4.79 Å². The van der Waals surface area contributed by atoms with Gasteiger partial charge in [-0.3, -0.25) is 0 Å². The van der Waals surface area contributed by atoms with Gasteiger partial charge in [0.15, 0.2) is 0 Å². The van der Waals surface area contributed by atoms with E-state index in [1.54, 1.807) is 0 Å². The van der Waals surface area contributed by atoms with Crippen molar-refractivity contribution in [1.29, 1.82) is 0 Å². The van der Waals surface area contributed by atoms with Gasteiger partial charge in [-0.05, 0) is 68.4 Å². The number of hydrazone groups is 1. The minimum absolute atomic E-state index is 0.517. The van der Waals surface area contributed by atoms with Crippen molar-refractivity contribution in [3.63, 3.8) is 0 Å². The summed E-state index contributed by atoms with van der Waals surface area (Å²) < 4.78 is 7.85. The summed E-state index contributed by atoms with van der Waals surface area (Å²) in [6.45, 7) is 0.517. The summed E-state index contributed by atoms with van der Waals surface area (Å²) in [6.07, 6.45) is 1.54. The third kappa shape index (κ3) is 5.13. The fraction of sp³-hybridized carbons (Fsp3) is 0.0667. The molecule has 0 saturated heterocycles.